The predicted octanol–water partition coefficient (Wildman–Crippen LogP) is 2.28. The minimum Gasteiger partial charge on any atom is -0.273 e. The molecule has 2 aliphatic rings. The van der Waals surface area contributed by atoms with E-state index in [9.17, 15) is 9.59 Å². The van der Waals surface area contributed by atoms with Gasteiger partial charge in [-0.2, -0.15) is 0 Å². The van der Waals surface area contributed by atoms with E-state index in [-0.39, 0.29) is 29.6 Å². The van der Waals surface area contributed by atoms with Crippen molar-refractivity contribution in [3.8, 4) is 0 Å². The molecule has 0 unspecified atom stereocenters. The molecule has 4 heteroatoms. The van der Waals surface area contributed by atoms with Gasteiger partial charge in [0.15, 0.2) is 0 Å². The quantitative estimate of drug-likeness (QED) is 0.796. The second-order valence-electron chi connectivity index (χ2n) is 5.69. The Morgan fingerprint density at radius 1 is 1.20 bits per heavy atom. The number of benzene rings is 1. The van der Waals surface area contributed by atoms with Gasteiger partial charge in [0.2, 0.25) is 11.8 Å². The second-order valence-corrected chi connectivity index (χ2v) is 5.69. The molecule has 104 valence electrons. The fourth-order valence-corrected chi connectivity index (χ4v) is 3.28. The van der Waals surface area contributed by atoms with Crippen LogP contribution in [0.25, 0.3) is 0 Å². The van der Waals surface area contributed by atoms with Gasteiger partial charge in [0.25, 0.3) is 0 Å². The Morgan fingerprint density at radius 3 is 2.60 bits per heavy atom. The van der Waals surface area contributed by atoms with Crippen LogP contribution in [0.2, 0.25) is 0 Å². The van der Waals surface area contributed by atoms with Crippen molar-refractivity contribution in [2.75, 3.05) is 5.01 Å². The maximum atomic E-state index is 12.7. The van der Waals surface area contributed by atoms with Gasteiger partial charge in [-0.15, -0.1) is 0 Å². The molecule has 0 spiro atoms. The molecule has 20 heavy (non-hydrogen) atoms. The fourth-order valence-electron chi connectivity index (χ4n) is 3.28. The maximum absolute atomic E-state index is 12.7. The van der Waals surface area contributed by atoms with Gasteiger partial charge in [-0.1, -0.05) is 36.8 Å². The first-order chi connectivity index (χ1) is 9.58. The first-order valence-corrected chi connectivity index (χ1v) is 6.94. The molecule has 0 radical (unpaired) electrons. The van der Waals surface area contributed by atoms with Gasteiger partial charge in [-0.3, -0.25) is 15.0 Å². The zero-order chi connectivity index (χ0) is 14.3. The number of rotatable bonds is 1. The molecule has 1 saturated heterocycles. The third-order valence-electron chi connectivity index (χ3n) is 4.17. The molecular formula is C16H18N2O2. The monoisotopic (exact) mass is 270 g/mol. The molecular weight excluding hydrogens is 252 g/mol. The number of hydrogen-bond donors (Lipinski definition) is 1. The highest BCUT2D eigenvalue weighted by molar-refractivity contribution is 6.04. The lowest BCUT2D eigenvalue weighted by molar-refractivity contribution is -0.141. The molecule has 3 rings (SSSR count). The molecule has 1 aromatic carbocycles. The fraction of sp³-hybridized carbons (Fsp3) is 0.375. The standard InChI is InChI=1S/C16H18N2O2/c1-10-8-11(2)14-13(9-10)15(19)17-18(16(14)20)12-6-4-3-5-7-12/h3-8,11,13-14H,9H2,1-2H3,(H,17,19)/t11-,13+,14-/m1/s1. The third kappa shape index (κ3) is 2.01. The Labute approximate surface area is 118 Å². The van der Waals surface area contributed by atoms with Gasteiger partial charge < -0.3 is 0 Å². The molecule has 4 nitrogen and oxygen atoms in total. The summed E-state index contributed by atoms with van der Waals surface area (Å²) in [7, 11) is 0. The van der Waals surface area contributed by atoms with Gasteiger partial charge >= 0.3 is 0 Å². The van der Waals surface area contributed by atoms with Crippen LogP contribution in [0.4, 0.5) is 5.69 Å². The summed E-state index contributed by atoms with van der Waals surface area (Å²) in [6, 6.07) is 9.25. The zero-order valence-corrected chi connectivity index (χ0v) is 11.7. The Morgan fingerprint density at radius 2 is 1.90 bits per heavy atom. The molecule has 0 bridgehead atoms. The van der Waals surface area contributed by atoms with E-state index < -0.39 is 0 Å². The number of carbonyl (C=O) groups is 2. The summed E-state index contributed by atoms with van der Waals surface area (Å²) >= 11 is 0. The molecule has 3 atom stereocenters. The lowest BCUT2D eigenvalue weighted by Gasteiger charge is -2.41. The van der Waals surface area contributed by atoms with Gasteiger partial charge in [0.05, 0.1) is 17.5 Å². The summed E-state index contributed by atoms with van der Waals surface area (Å²) in [5.74, 6) is -0.469. The van der Waals surface area contributed by atoms with Gasteiger partial charge in [-0.25, -0.2) is 5.01 Å². The van der Waals surface area contributed by atoms with Crippen LogP contribution in [0.1, 0.15) is 20.3 Å². The average molecular weight is 270 g/mol. The summed E-state index contributed by atoms with van der Waals surface area (Å²) < 4.78 is 0. The Hall–Kier alpha value is -2.10. The molecule has 1 aliphatic heterocycles. The Bertz CT molecular complexity index is 579. The number of fused-ring (bicyclic) bond motifs is 1. The molecule has 1 N–H and O–H groups in total. The first kappa shape index (κ1) is 12.9. The molecule has 1 heterocycles. The normalized spacial score (nSPS) is 29.6. The number of amides is 2. The van der Waals surface area contributed by atoms with E-state index in [1.165, 1.54) is 10.6 Å². The van der Waals surface area contributed by atoms with Crippen molar-refractivity contribution in [3.63, 3.8) is 0 Å². The van der Waals surface area contributed by atoms with Gasteiger partial charge in [0.1, 0.15) is 0 Å². The summed E-state index contributed by atoms with van der Waals surface area (Å²) in [5.41, 5.74) is 4.64. The number of nitrogens with one attached hydrogen (secondary N) is 1. The van der Waals surface area contributed by atoms with Gasteiger partial charge in [-0.05, 0) is 31.4 Å². The molecule has 1 aliphatic carbocycles. The van der Waals surface area contributed by atoms with E-state index in [1.807, 2.05) is 44.2 Å². The van der Waals surface area contributed by atoms with Crippen LogP contribution in [0.3, 0.4) is 0 Å². The summed E-state index contributed by atoms with van der Waals surface area (Å²) in [6.07, 6.45) is 2.79. The zero-order valence-electron chi connectivity index (χ0n) is 11.7. The summed E-state index contributed by atoms with van der Waals surface area (Å²) in [4.78, 5) is 25.0. The molecule has 0 aromatic heterocycles. The largest absolute Gasteiger partial charge is 0.273 e. The number of hydrazine groups is 1. The lowest BCUT2D eigenvalue weighted by Crippen LogP contribution is -2.61. The first-order valence-electron chi connectivity index (χ1n) is 6.94. The minimum absolute atomic E-state index is 0.0166. The summed E-state index contributed by atoms with van der Waals surface area (Å²) in [6.45, 7) is 4.04. The highest BCUT2D eigenvalue weighted by atomic mass is 16.2. The van der Waals surface area contributed by atoms with Crippen molar-refractivity contribution in [1.82, 2.24) is 5.43 Å². The van der Waals surface area contributed by atoms with E-state index in [1.54, 1.807) is 0 Å². The molecule has 1 fully saturated rings. The highest BCUT2D eigenvalue weighted by Gasteiger charge is 2.46. The smallest absolute Gasteiger partial charge is 0.250 e. The average Bonchev–Trinajstić information content (AvgIpc) is 2.43. The predicted molar refractivity (Wildman–Crippen MR) is 76.6 cm³/mol. The molecule has 2 amide bonds. The van der Waals surface area contributed by atoms with Crippen molar-refractivity contribution in [2.24, 2.45) is 17.8 Å². The van der Waals surface area contributed by atoms with Crippen LogP contribution in [0.15, 0.2) is 42.0 Å². The number of carbonyl (C=O) groups excluding carboxylic acids is 2. The van der Waals surface area contributed by atoms with E-state index >= 15 is 0 Å². The highest BCUT2D eigenvalue weighted by Crippen LogP contribution is 2.38. The Kier molecular flexibility index (Phi) is 3.08. The second kappa shape index (κ2) is 4.78. The van der Waals surface area contributed by atoms with Crippen LogP contribution >= 0.6 is 0 Å². The number of allylic oxidation sites excluding steroid dienone is 2. The lowest BCUT2D eigenvalue weighted by atomic mass is 9.72. The number of para-hydroxylation sites is 1. The van der Waals surface area contributed by atoms with Gasteiger partial charge in [0, 0.05) is 0 Å². The van der Waals surface area contributed by atoms with Crippen LogP contribution in [0.5, 0.6) is 0 Å². The van der Waals surface area contributed by atoms with Crippen LogP contribution in [0, 0.1) is 17.8 Å². The molecule has 0 saturated carbocycles. The van der Waals surface area contributed by atoms with Crippen LogP contribution in [-0.2, 0) is 9.59 Å². The van der Waals surface area contributed by atoms with E-state index in [4.69, 9.17) is 0 Å². The minimum atomic E-state index is -0.257. The number of hydrogen-bond acceptors (Lipinski definition) is 2. The van der Waals surface area contributed by atoms with E-state index in [2.05, 4.69) is 11.5 Å². The van der Waals surface area contributed by atoms with E-state index in [0.717, 1.165) is 0 Å². The van der Waals surface area contributed by atoms with Crippen molar-refractivity contribution < 1.29 is 9.59 Å². The third-order valence-corrected chi connectivity index (χ3v) is 4.17. The maximum Gasteiger partial charge on any atom is 0.250 e. The topological polar surface area (TPSA) is 49.4 Å². The van der Waals surface area contributed by atoms with E-state index in [0.29, 0.717) is 12.1 Å². The van der Waals surface area contributed by atoms with Crippen molar-refractivity contribution in [1.29, 1.82) is 0 Å². The van der Waals surface area contributed by atoms with Crippen molar-refractivity contribution in [3.05, 3.63) is 42.0 Å². The Balaban J connectivity index is 1.96. The molecule has 1 aromatic rings. The summed E-state index contributed by atoms with van der Waals surface area (Å²) in [5, 5.41) is 1.40. The van der Waals surface area contributed by atoms with Crippen LogP contribution < -0.4 is 10.4 Å². The van der Waals surface area contributed by atoms with Crippen molar-refractivity contribution >= 4 is 17.5 Å². The SMILES string of the molecule is CC1=C[C@@H](C)[C@H]2C(=O)N(c3ccccc3)NC(=O)[C@H]2C1. The van der Waals surface area contributed by atoms with Crippen LogP contribution in [-0.4, -0.2) is 11.8 Å². The number of anilines is 1. The van der Waals surface area contributed by atoms with Crippen molar-refractivity contribution in [2.45, 2.75) is 20.3 Å². The number of nitrogens with zero attached hydrogens (tertiary/aromatic N) is 1.